The van der Waals surface area contributed by atoms with Crippen molar-refractivity contribution in [3.8, 4) is 0 Å². The van der Waals surface area contributed by atoms with Gasteiger partial charge in [0.15, 0.2) is 0 Å². The Morgan fingerprint density at radius 3 is 2.58 bits per heavy atom. The molecule has 1 saturated carbocycles. The summed E-state index contributed by atoms with van der Waals surface area (Å²) < 4.78 is 0. The van der Waals surface area contributed by atoms with E-state index in [0.717, 1.165) is 22.8 Å². The number of nitrogens with one attached hydrogen (secondary N) is 2. The van der Waals surface area contributed by atoms with Crippen LogP contribution < -0.4 is 10.6 Å². The molecule has 5 nitrogen and oxygen atoms in total. The van der Waals surface area contributed by atoms with E-state index in [2.05, 4.69) is 34.4 Å². The molecule has 1 aliphatic rings. The van der Waals surface area contributed by atoms with Crippen LogP contribution in [0.15, 0.2) is 24.4 Å². The van der Waals surface area contributed by atoms with E-state index >= 15 is 0 Å². The molecule has 0 spiro atoms. The molecule has 1 fully saturated rings. The molecule has 2 N–H and O–H groups in total. The van der Waals surface area contributed by atoms with E-state index in [1.54, 1.807) is 0 Å². The highest BCUT2D eigenvalue weighted by molar-refractivity contribution is 5.50. The summed E-state index contributed by atoms with van der Waals surface area (Å²) in [6.45, 7) is 6.21. The molecule has 24 heavy (non-hydrogen) atoms. The lowest BCUT2D eigenvalue weighted by atomic mass is 9.95. The zero-order valence-electron chi connectivity index (χ0n) is 14.8. The standard InChI is InChI=1S/C19H27N5/c1-13-14(2)21-19(22-15(3)17-11-7-8-12-20-17)24-18(13)23-16-9-5-4-6-10-16/h7-8,11-12,15-16H,4-6,9-10H2,1-3H3,(H2,21,22,23,24). The maximum Gasteiger partial charge on any atom is 0.225 e. The van der Waals surface area contributed by atoms with Crippen LogP contribution in [0.25, 0.3) is 0 Å². The summed E-state index contributed by atoms with van der Waals surface area (Å²) in [5.74, 6) is 1.62. The van der Waals surface area contributed by atoms with Crippen molar-refractivity contribution in [2.24, 2.45) is 0 Å². The highest BCUT2D eigenvalue weighted by atomic mass is 15.2. The Hall–Kier alpha value is -2.17. The lowest BCUT2D eigenvalue weighted by Gasteiger charge is -2.25. The Morgan fingerprint density at radius 2 is 1.88 bits per heavy atom. The summed E-state index contributed by atoms with van der Waals surface area (Å²) in [7, 11) is 0. The first-order chi connectivity index (χ1) is 11.6. The van der Waals surface area contributed by atoms with Gasteiger partial charge in [-0.2, -0.15) is 4.98 Å². The van der Waals surface area contributed by atoms with Crippen LogP contribution >= 0.6 is 0 Å². The third-order valence-electron chi connectivity index (χ3n) is 4.81. The molecular formula is C19H27N5. The molecule has 0 aromatic carbocycles. The van der Waals surface area contributed by atoms with Gasteiger partial charge in [-0.1, -0.05) is 25.3 Å². The number of hydrogen-bond donors (Lipinski definition) is 2. The minimum atomic E-state index is 0.0656. The third-order valence-corrected chi connectivity index (χ3v) is 4.81. The lowest BCUT2D eigenvalue weighted by molar-refractivity contribution is 0.461. The Morgan fingerprint density at radius 1 is 1.08 bits per heavy atom. The molecule has 0 saturated heterocycles. The molecule has 128 valence electrons. The highest BCUT2D eigenvalue weighted by Gasteiger charge is 2.17. The van der Waals surface area contributed by atoms with E-state index in [9.17, 15) is 0 Å². The van der Waals surface area contributed by atoms with Crippen molar-refractivity contribution < 1.29 is 0 Å². The number of anilines is 2. The summed E-state index contributed by atoms with van der Waals surface area (Å²) in [6.07, 6.45) is 8.25. The second-order valence-electron chi connectivity index (χ2n) is 6.71. The number of hydrogen-bond acceptors (Lipinski definition) is 5. The molecule has 0 radical (unpaired) electrons. The van der Waals surface area contributed by atoms with Crippen molar-refractivity contribution in [1.29, 1.82) is 0 Å². The van der Waals surface area contributed by atoms with Crippen LogP contribution in [0.2, 0.25) is 0 Å². The van der Waals surface area contributed by atoms with E-state index < -0.39 is 0 Å². The van der Waals surface area contributed by atoms with Gasteiger partial charge < -0.3 is 10.6 Å². The molecule has 2 aromatic heterocycles. The summed E-state index contributed by atoms with van der Waals surface area (Å²) in [4.78, 5) is 13.7. The van der Waals surface area contributed by atoms with Gasteiger partial charge in [0.1, 0.15) is 5.82 Å². The first-order valence-corrected chi connectivity index (χ1v) is 8.92. The molecule has 1 atom stereocenters. The average Bonchev–Trinajstić information content (AvgIpc) is 2.61. The van der Waals surface area contributed by atoms with Crippen molar-refractivity contribution in [2.75, 3.05) is 10.6 Å². The molecule has 2 aromatic rings. The average molecular weight is 325 g/mol. The zero-order valence-corrected chi connectivity index (χ0v) is 14.8. The Bertz CT molecular complexity index is 665. The van der Waals surface area contributed by atoms with Gasteiger partial charge in [0.2, 0.25) is 5.95 Å². The Kier molecular flexibility index (Phi) is 5.28. The number of rotatable bonds is 5. The minimum Gasteiger partial charge on any atom is -0.367 e. The fourth-order valence-electron chi connectivity index (χ4n) is 3.17. The largest absolute Gasteiger partial charge is 0.367 e. The lowest BCUT2D eigenvalue weighted by Crippen LogP contribution is -2.24. The maximum absolute atomic E-state index is 4.73. The summed E-state index contributed by atoms with van der Waals surface area (Å²) >= 11 is 0. The maximum atomic E-state index is 4.73. The van der Waals surface area contributed by atoms with E-state index in [4.69, 9.17) is 4.98 Å². The summed E-state index contributed by atoms with van der Waals surface area (Å²) in [5.41, 5.74) is 3.14. The normalized spacial score (nSPS) is 16.6. The topological polar surface area (TPSA) is 62.7 Å². The van der Waals surface area contributed by atoms with Gasteiger partial charge in [-0.05, 0) is 45.7 Å². The van der Waals surface area contributed by atoms with Crippen LogP contribution in [-0.4, -0.2) is 21.0 Å². The van der Waals surface area contributed by atoms with Gasteiger partial charge in [0, 0.05) is 23.5 Å². The fourth-order valence-corrected chi connectivity index (χ4v) is 3.17. The molecule has 3 rings (SSSR count). The first-order valence-electron chi connectivity index (χ1n) is 8.92. The summed E-state index contributed by atoms with van der Waals surface area (Å²) in [5, 5.41) is 7.02. The van der Waals surface area contributed by atoms with Crippen molar-refractivity contribution in [1.82, 2.24) is 15.0 Å². The second-order valence-corrected chi connectivity index (χ2v) is 6.71. The molecule has 1 unspecified atom stereocenters. The quantitative estimate of drug-likeness (QED) is 0.853. The number of nitrogens with zero attached hydrogens (tertiary/aromatic N) is 3. The predicted octanol–water partition coefficient (Wildman–Crippen LogP) is 4.41. The molecule has 0 amide bonds. The van der Waals surface area contributed by atoms with Crippen molar-refractivity contribution >= 4 is 11.8 Å². The van der Waals surface area contributed by atoms with Gasteiger partial charge in [-0.25, -0.2) is 4.98 Å². The Balaban J connectivity index is 1.76. The number of aromatic nitrogens is 3. The van der Waals surface area contributed by atoms with E-state index in [1.807, 2.05) is 31.3 Å². The van der Waals surface area contributed by atoms with Crippen LogP contribution in [0.4, 0.5) is 11.8 Å². The Labute approximate surface area is 144 Å². The fraction of sp³-hybridized carbons (Fsp3) is 0.526. The molecule has 0 bridgehead atoms. The van der Waals surface area contributed by atoms with Crippen molar-refractivity contribution in [3.63, 3.8) is 0 Å². The van der Waals surface area contributed by atoms with Gasteiger partial charge in [0.05, 0.1) is 11.7 Å². The summed E-state index contributed by atoms with van der Waals surface area (Å²) in [6, 6.07) is 6.54. The van der Waals surface area contributed by atoms with Crippen LogP contribution in [0.5, 0.6) is 0 Å². The number of aryl methyl sites for hydroxylation is 1. The predicted molar refractivity (Wildman–Crippen MR) is 98.3 cm³/mol. The van der Waals surface area contributed by atoms with Crippen molar-refractivity contribution in [3.05, 3.63) is 41.3 Å². The third kappa shape index (κ3) is 4.02. The van der Waals surface area contributed by atoms with E-state index in [0.29, 0.717) is 12.0 Å². The van der Waals surface area contributed by atoms with Gasteiger partial charge >= 0.3 is 0 Å². The van der Waals surface area contributed by atoms with Crippen LogP contribution in [0.3, 0.4) is 0 Å². The van der Waals surface area contributed by atoms with E-state index in [1.165, 1.54) is 32.1 Å². The first kappa shape index (κ1) is 16.7. The highest BCUT2D eigenvalue weighted by Crippen LogP contribution is 2.25. The van der Waals surface area contributed by atoms with Crippen LogP contribution in [0, 0.1) is 13.8 Å². The molecule has 5 heteroatoms. The van der Waals surface area contributed by atoms with Crippen LogP contribution in [0.1, 0.15) is 62.0 Å². The van der Waals surface area contributed by atoms with Crippen molar-refractivity contribution in [2.45, 2.75) is 65.0 Å². The second kappa shape index (κ2) is 7.60. The van der Waals surface area contributed by atoms with Gasteiger partial charge in [0.25, 0.3) is 0 Å². The van der Waals surface area contributed by atoms with E-state index in [-0.39, 0.29) is 6.04 Å². The smallest absolute Gasteiger partial charge is 0.225 e. The zero-order chi connectivity index (χ0) is 16.9. The molecule has 2 heterocycles. The van der Waals surface area contributed by atoms with Gasteiger partial charge in [-0.3, -0.25) is 4.98 Å². The minimum absolute atomic E-state index is 0.0656. The molecule has 0 aliphatic heterocycles. The number of pyridine rings is 1. The molecular weight excluding hydrogens is 298 g/mol. The molecule has 1 aliphatic carbocycles. The monoisotopic (exact) mass is 325 g/mol. The van der Waals surface area contributed by atoms with Crippen LogP contribution in [-0.2, 0) is 0 Å². The van der Waals surface area contributed by atoms with Gasteiger partial charge in [-0.15, -0.1) is 0 Å². The SMILES string of the molecule is Cc1nc(NC(C)c2ccccn2)nc(NC2CCCCC2)c1C.